The number of carbonyl (C=O) groups is 3. The highest BCUT2D eigenvalue weighted by Gasteiger charge is 2.51. The molecule has 2 unspecified atom stereocenters. The number of nitrogens with zero attached hydrogens (tertiary/aromatic N) is 5. The van der Waals surface area contributed by atoms with Gasteiger partial charge in [-0.3, -0.25) is 19.4 Å². The first-order valence-electron chi connectivity index (χ1n) is 8.34. The summed E-state index contributed by atoms with van der Waals surface area (Å²) in [5, 5.41) is 0. The molecule has 8 heteroatoms. The molecule has 2 atom stereocenters. The number of imide groups is 1. The summed E-state index contributed by atoms with van der Waals surface area (Å²) in [6.07, 6.45) is 3.47. The Kier molecular flexibility index (Phi) is 4.15. The summed E-state index contributed by atoms with van der Waals surface area (Å²) in [5.41, 5.74) is 0. The number of urea groups is 1. The van der Waals surface area contributed by atoms with Gasteiger partial charge in [0.05, 0.1) is 7.05 Å². The number of likely N-dealkylation sites (N-methyl/N-ethyl adjacent to an activating group) is 2. The van der Waals surface area contributed by atoms with Crippen LogP contribution in [-0.4, -0.2) is 88.6 Å². The van der Waals surface area contributed by atoms with Crippen molar-refractivity contribution in [2.45, 2.75) is 38.8 Å². The van der Waals surface area contributed by atoms with Crippen molar-refractivity contribution in [3.63, 3.8) is 0 Å². The Balaban J connectivity index is 1.78. The zero-order valence-electron chi connectivity index (χ0n) is 14.6. The average molecular weight is 334 g/mol. The molecule has 3 rings (SSSR count). The second kappa shape index (κ2) is 5.99. The molecule has 0 saturated carbocycles. The van der Waals surface area contributed by atoms with E-state index >= 15 is 0 Å². The molecule has 0 aromatic carbocycles. The van der Waals surface area contributed by atoms with Gasteiger partial charge in [0, 0.05) is 19.6 Å². The largest absolute Gasteiger partial charge is 0.338 e. The van der Waals surface area contributed by atoms with Gasteiger partial charge in [-0.1, -0.05) is 13.8 Å². The van der Waals surface area contributed by atoms with Gasteiger partial charge in [-0.15, -0.1) is 0 Å². The molecule has 0 spiro atoms. The van der Waals surface area contributed by atoms with Gasteiger partial charge in [0.2, 0.25) is 5.91 Å². The van der Waals surface area contributed by atoms with E-state index in [2.05, 4.69) is 18.8 Å². The van der Waals surface area contributed by atoms with E-state index in [0.717, 1.165) is 17.7 Å². The van der Waals surface area contributed by atoms with Crippen LogP contribution in [0.25, 0.3) is 0 Å². The third-order valence-electron chi connectivity index (χ3n) is 5.07. The van der Waals surface area contributed by atoms with E-state index in [9.17, 15) is 14.4 Å². The maximum Gasteiger partial charge on any atom is 0.334 e. The van der Waals surface area contributed by atoms with Crippen molar-refractivity contribution in [2.75, 3.05) is 27.2 Å². The van der Waals surface area contributed by atoms with Crippen molar-refractivity contribution in [3.05, 3.63) is 0 Å². The number of fused-ring (bicyclic) bond motifs is 1. The standard InChI is InChI=1S/C16H24N5O3/c1-10(2)11-6-5-7-20(11)12(22)8-21-15(23)13-14(17-9-18(13)3)19(4)16(21)24/h9-11,13H,5-8H2,1-4H3/q+1. The predicted octanol–water partition coefficient (Wildman–Crippen LogP) is -0.0213. The molecular formula is C16H24N5O3+. The molecule has 2 saturated heterocycles. The second-order valence-corrected chi connectivity index (χ2v) is 6.98. The van der Waals surface area contributed by atoms with Gasteiger partial charge in [0.15, 0.2) is 0 Å². The first kappa shape index (κ1) is 16.6. The minimum absolute atomic E-state index is 0.161. The first-order valence-corrected chi connectivity index (χ1v) is 8.34. The summed E-state index contributed by atoms with van der Waals surface area (Å²) >= 11 is 0. The van der Waals surface area contributed by atoms with E-state index in [4.69, 9.17) is 0 Å². The van der Waals surface area contributed by atoms with Gasteiger partial charge in [-0.2, -0.15) is 0 Å². The van der Waals surface area contributed by atoms with E-state index in [1.807, 2.05) is 4.90 Å². The van der Waals surface area contributed by atoms with Crippen LogP contribution in [0, 0.1) is 5.92 Å². The summed E-state index contributed by atoms with van der Waals surface area (Å²) < 4.78 is 1.66. The van der Waals surface area contributed by atoms with Crippen LogP contribution in [0.4, 0.5) is 4.79 Å². The Hall–Kier alpha value is -2.25. The first-order chi connectivity index (χ1) is 11.3. The van der Waals surface area contributed by atoms with Gasteiger partial charge < -0.3 is 4.90 Å². The van der Waals surface area contributed by atoms with Crippen molar-refractivity contribution in [1.82, 2.24) is 14.7 Å². The molecule has 0 radical (unpaired) electrons. The molecule has 0 aromatic rings. The zero-order chi connectivity index (χ0) is 17.6. The van der Waals surface area contributed by atoms with Gasteiger partial charge in [0.25, 0.3) is 24.1 Å². The van der Waals surface area contributed by atoms with Gasteiger partial charge in [-0.25, -0.2) is 9.37 Å². The fourth-order valence-corrected chi connectivity index (χ4v) is 3.71. The van der Waals surface area contributed by atoms with Crippen LogP contribution < -0.4 is 0 Å². The van der Waals surface area contributed by atoms with E-state index in [0.29, 0.717) is 18.3 Å². The smallest absolute Gasteiger partial charge is 0.334 e. The van der Waals surface area contributed by atoms with Gasteiger partial charge in [0.1, 0.15) is 6.54 Å². The van der Waals surface area contributed by atoms with E-state index in [1.165, 1.54) is 11.2 Å². The van der Waals surface area contributed by atoms with Crippen molar-refractivity contribution in [3.8, 4) is 0 Å². The van der Waals surface area contributed by atoms with Gasteiger partial charge in [-0.05, 0) is 23.8 Å². The highest BCUT2D eigenvalue weighted by Crippen LogP contribution is 2.24. The molecule has 130 valence electrons. The monoisotopic (exact) mass is 334 g/mol. The fraction of sp³-hybridized carbons (Fsp3) is 0.688. The number of aliphatic imine (C=N–C) groups is 1. The molecule has 3 aliphatic heterocycles. The number of carbonyl (C=O) groups excluding carboxylic acids is 3. The maximum absolute atomic E-state index is 12.7. The Bertz CT molecular complexity index is 654. The maximum atomic E-state index is 12.7. The summed E-state index contributed by atoms with van der Waals surface area (Å²) in [7, 11) is 3.32. The predicted molar refractivity (Wildman–Crippen MR) is 87.9 cm³/mol. The molecular weight excluding hydrogens is 310 g/mol. The normalized spacial score (nSPS) is 27.0. The molecule has 0 bridgehead atoms. The van der Waals surface area contributed by atoms with E-state index in [-0.39, 0.29) is 24.4 Å². The SMILES string of the molecule is CC(C)C1CCCN1C(=O)CN1C(=O)C2C(=NC=[N+]2C)N(C)C1=O. The topological polar surface area (TPSA) is 76.3 Å². The number of amidine groups is 1. The molecule has 0 N–H and O–H groups in total. The van der Waals surface area contributed by atoms with Crippen LogP contribution in [0.15, 0.2) is 4.99 Å². The van der Waals surface area contributed by atoms with Crippen LogP contribution in [0.5, 0.6) is 0 Å². The summed E-state index contributed by atoms with van der Waals surface area (Å²) in [6.45, 7) is 4.67. The quantitative estimate of drug-likeness (QED) is 0.681. The zero-order valence-corrected chi connectivity index (χ0v) is 14.6. The van der Waals surface area contributed by atoms with Crippen LogP contribution in [0.3, 0.4) is 0 Å². The summed E-state index contributed by atoms with van der Waals surface area (Å²) in [4.78, 5) is 46.3. The number of hydrogen-bond donors (Lipinski definition) is 0. The molecule has 3 heterocycles. The van der Waals surface area contributed by atoms with Crippen molar-refractivity contribution in [1.29, 1.82) is 0 Å². The third kappa shape index (κ3) is 2.50. The fourth-order valence-electron chi connectivity index (χ4n) is 3.71. The van der Waals surface area contributed by atoms with Crippen molar-refractivity contribution >= 4 is 30.0 Å². The highest BCUT2D eigenvalue weighted by atomic mass is 16.2. The lowest BCUT2D eigenvalue weighted by atomic mass is 10.0. The Morgan fingerprint density at radius 2 is 2.12 bits per heavy atom. The summed E-state index contributed by atoms with van der Waals surface area (Å²) in [5.74, 6) is 0.228. The third-order valence-corrected chi connectivity index (χ3v) is 5.07. The van der Waals surface area contributed by atoms with Crippen LogP contribution in [0.1, 0.15) is 26.7 Å². The molecule has 8 nitrogen and oxygen atoms in total. The lowest BCUT2D eigenvalue weighted by molar-refractivity contribution is -0.500. The van der Waals surface area contributed by atoms with Gasteiger partial charge >= 0.3 is 6.03 Å². The molecule has 4 amide bonds. The van der Waals surface area contributed by atoms with Crippen LogP contribution in [-0.2, 0) is 9.59 Å². The van der Waals surface area contributed by atoms with E-state index < -0.39 is 12.1 Å². The Morgan fingerprint density at radius 1 is 1.42 bits per heavy atom. The lowest BCUT2D eigenvalue weighted by Gasteiger charge is -2.34. The minimum atomic E-state index is -0.625. The van der Waals surface area contributed by atoms with Crippen molar-refractivity contribution < 1.29 is 19.0 Å². The van der Waals surface area contributed by atoms with Crippen LogP contribution in [0.2, 0.25) is 0 Å². The number of hydrogen-bond acceptors (Lipinski definition) is 4. The average Bonchev–Trinajstić information content (AvgIpc) is 3.16. The molecule has 24 heavy (non-hydrogen) atoms. The summed E-state index contributed by atoms with van der Waals surface area (Å²) in [6, 6.07) is -0.933. The van der Waals surface area contributed by atoms with E-state index in [1.54, 1.807) is 18.7 Å². The molecule has 2 fully saturated rings. The number of rotatable bonds is 3. The molecule has 3 aliphatic rings. The highest BCUT2D eigenvalue weighted by molar-refractivity contribution is 6.22. The van der Waals surface area contributed by atoms with Crippen molar-refractivity contribution in [2.24, 2.45) is 10.9 Å². The van der Waals surface area contributed by atoms with Crippen LogP contribution >= 0.6 is 0 Å². The second-order valence-electron chi connectivity index (χ2n) is 6.98. The Morgan fingerprint density at radius 3 is 2.79 bits per heavy atom. The Labute approximate surface area is 141 Å². The molecule has 0 aliphatic carbocycles. The lowest BCUT2D eigenvalue weighted by Crippen LogP contribution is -2.64. The number of likely N-dealkylation sites (tertiary alicyclic amines) is 1. The minimum Gasteiger partial charge on any atom is -0.338 e. The molecule has 0 aromatic heterocycles. The number of amides is 4.